The van der Waals surface area contributed by atoms with E-state index in [4.69, 9.17) is 13.7 Å². The lowest BCUT2D eigenvalue weighted by Gasteiger charge is -2.28. The zero-order valence-electron chi connectivity index (χ0n) is 14.3. The lowest BCUT2D eigenvalue weighted by Crippen LogP contribution is -2.52. The van der Waals surface area contributed by atoms with Crippen molar-refractivity contribution in [1.29, 1.82) is 0 Å². The molecule has 2 amide bonds. The molecule has 12 heteroatoms. The van der Waals surface area contributed by atoms with Gasteiger partial charge in [0.25, 0.3) is 10.1 Å². The molecule has 0 aromatic heterocycles. The Labute approximate surface area is 150 Å². The third-order valence-electron chi connectivity index (χ3n) is 3.02. The maximum Gasteiger partial charge on any atom is 0.430 e. The Kier molecular flexibility index (Phi) is 7.58. The van der Waals surface area contributed by atoms with Gasteiger partial charge in [0, 0.05) is 0 Å². The van der Waals surface area contributed by atoms with E-state index in [1.54, 1.807) is 0 Å². The number of esters is 1. The second-order valence-corrected chi connectivity index (χ2v) is 6.57. The Morgan fingerprint density at radius 3 is 2.12 bits per heavy atom. The van der Waals surface area contributed by atoms with Crippen molar-refractivity contribution in [3.63, 3.8) is 0 Å². The first-order valence-corrected chi connectivity index (χ1v) is 9.06. The fraction of sp³-hybridized carbons (Fsp3) is 0.500. The van der Waals surface area contributed by atoms with Gasteiger partial charge >= 0.3 is 18.2 Å². The molecule has 2 unspecified atom stereocenters. The molecule has 0 aromatic carbocycles. The van der Waals surface area contributed by atoms with E-state index >= 15 is 0 Å². The van der Waals surface area contributed by atoms with E-state index in [0.29, 0.717) is 10.0 Å². The minimum absolute atomic E-state index is 0.175. The Morgan fingerprint density at radius 2 is 1.65 bits per heavy atom. The maximum atomic E-state index is 12.3. The minimum atomic E-state index is -4.01. The molecule has 0 spiro atoms. The molecule has 0 radical (unpaired) electrons. The zero-order valence-corrected chi connectivity index (χ0v) is 15.1. The number of ether oxygens (including phenoxy) is 3. The molecule has 0 N–H and O–H groups in total. The van der Waals surface area contributed by atoms with E-state index in [1.165, 1.54) is 12.2 Å². The SMILES string of the molecule is C=CCOC(=O)N1CC(OS(C)(=O)=O)C(C(=O)OC)N1C(=O)OCC=C. The van der Waals surface area contributed by atoms with Crippen molar-refractivity contribution in [2.24, 2.45) is 0 Å². The Balaban J connectivity index is 3.25. The average molecular weight is 392 g/mol. The summed E-state index contributed by atoms with van der Waals surface area (Å²) < 4.78 is 42.1. The third kappa shape index (κ3) is 5.46. The Hall–Kier alpha value is -2.60. The summed E-state index contributed by atoms with van der Waals surface area (Å²) in [6.45, 7) is 5.91. The molecule has 1 fully saturated rings. The van der Waals surface area contributed by atoms with Crippen molar-refractivity contribution in [3.05, 3.63) is 25.3 Å². The summed E-state index contributed by atoms with van der Waals surface area (Å²) in [5.74, 6) is -1.01. The molecule has 1 heterocycles. The molecule has 1 aliphatic rings. The number of carbonyl (C=O) groups excluding carboxylic acids is 3. The van der Waals surface area contributed by atoms with Gasteiger partial charge in [-0.3, -0.25) is 4.18 Å². The molecule has 146 valence electrons. The second kappa shape index (κ2) is 9.20. The predicted molar refractivity (Wildman–Crippen MR) is 87.2 cm³/mol. The van der Waals surface area contributed by atoms with Gasteiger partial charge in [0.15, 0.2) is 6.04 Å². The number of methoxy groups -OCH3 is 1. The first-order chi connectivity index (χ1) is 12.2. The summed E-state index contributed by atoms with van der Waals surface area (Å²) in [6.07, 6.45) is -0.238. The van der Waals surface area contributed by atoms with Crippen molar-refractivity contribution in [3.8, 4) is 0 Å². The molecule has 0 bridgehead atoms. The van der Waals surface area contributed by atoms with E-state index in [2.05, 4.69) is 17.9 Å². The average Bonchev–Trinajstić information content (AvgIpc) is 2.94. The number of amides is 2. The zero-order chi connectivity index (χ0) is 19.9. The summed E-state index contributed by atoms with van der Waals surface area (Å²) >= 11 is 0. The quantitative estimate of drug-likeness (QED) is 0.255. The lowest BCUT2D eigenvalue weighted by atomic mass is 10.2. The Morgan fingerprint density at radius 1 is 1.12 bits per heavy atom. The highest BCUT2D eigenvalue weighted by Crippen LogP contribution is 2.26. The summed E-state index contributed by atoms with van der Waals surface area (Å²) in [5.41, 5.74) is 0. The molecule has 1 saturated heterocycles. The molecule has 1 aliphatic heterocycles. The molecule has 11 nitrogen and oxygen atoms in total. The van der Waals surface area contributed by atoms with E-state index in [9.17, 15) is 22.8 Å². The summed E-state index contributed by atoms with van der Waals surface area (Å²) in [4.78, 5) is 36.6. The van der Waals surface area contributed by atoms with Crippen LogP contribution in [-0.4, -0.2) is 81.9 Å². The highest BCUT2D eigenvalue weighted by Gasteiger charge is 2.53. The van der Waals surface area contributed by atoms with Crippen LogP contribution in [-0.2, 0) is 33.3 Å². The number of rotatable bonds is 7. The molecule has 1 rings (SSSR count). The standard InChI is InChI=1S/C14H20N2O9S/c1-5-7-23-13(18)15-9-10(25-26(4,20)21)11(12(17)22-3)16(15)14(19)24-8-6-2/h5-6,10-11H,1-2,7-9H2,3-4H3. The number of carbonyl (C=O) groups is 3. The van der Waals surface area contributed by atoms with Gasteiger partial charge in [0.1, 0.15) is 19.3 Å². The predicted octanol–water partition coefficient (Wildman–Crippen LogP) is 0.0506. The molecule has 0 aromatic rings. The first kappa shape index (κ1) is 21.4. The van der Waals surface area contributed by atoms with Gasteiger partial charge in [0.05, 0.1) is 19.9 Å². The summed E-state index contributed by atoms with van der Waals surface area (Å²) in [5, 5.41) is 1.29. The third-order valence-corrected chi connectivity index (χ3v) is 3.61. The lowest BCUT2D eigenvalue weighted by molar-refractivity contribution is -0.150. The van der Waals surface area contributed by atoms with Crippen LogP contribution in [0.5, 0.6) is 0 Å². The number of hydrogen-bond acceptors (Lipinski definition) is 9. The van der Waals surface area contributed by atoms with Crippen LogP contribution < -0.4 is 0 Å². The van der Waals surface area contributed by atoms with Crippen LogP contribution in [0.15, 0.2) is 25.3 Å². The molecule has 2 atom stereocenters. The summed E-state index contributed by atoms with van der Waals surface area (Å²) in [6, 6.07) is -1.58. The van der Waals surface area contributed by atoms with Gasteiger partial charge in [-0.1, -0.05) is 25.3 Å². The minimum Gasteiger partial charge on any atom is -0.467 e. The van der Waals surface area contributed by atoms with Crippen molar-refractivity contribution in [2.75, 3.05) is 33.1 Å². The molecule has 26 heavy (non-hydrogen) atoms. The number of nitrogens with zero attached hydrogens (tertiary/aromatic N) is 2. The molecular weight excluding hydrogens is 372 g/mol. The van der Waals surface area contributed by atoms with Gasteiger partial charge in [-0.2, -0.15) is 13.4 Å². The van der Waals surface area contributed by atoms with E-state index in [1.807, 2.05) is 0 Å². The number of hydrazine groups is 1. The number of hydrogen-bond donors (Lipinski definition) is 0. The topological polar surface area (TPSA) is 129 Å². The van der Waals surface area contributed by atoms with Crippen molar-refractivity contribution in [2.45, 2.75) is 12.1 Å². The normalized spacial score (nSPS) is 19.6. The van der Waals surface area contributed by atoms with Gasteiger partial charge in [-0.05, 0) is 0 Å². The summed E-state index contributed by atoms with van der Waals surface area (Å²) in [7, 11) is -2.98. The van der Waals surface area contributed by atoms with E-state index in [0.717, 1.165) is 13.4 Å². The smallest absolute Gasteiger partial charge is 0.430 e. The van der Waals surface area contributed by atoms with E-state index in [-0.39, 0.29) is 13.2 Å². The van der Waals surface area contributed by atoms with Crippen LogP contribution >= 0.6 is 0 Å². The van der Waals surface area contributed by atoms with Gasteiger partial charge in [0.2, 0.25) is 0 Å². The van der Waals surface area contributed by atoms with Crippen LogP contribution in [0.3, 0.4) is 0 Å². The molecule has 0 aliphatic carbocycles. The van der Waals surface area contributed by atoms with Crippen LogP contribution in [0.4, 0.5) is 9.59 Å². The van der Waals surface area contributed by atoms with Crippen molar-refractivity contribution >= 4 is 28.3 Å². The molecule has 0 saturated carbocycles. The first-order valence-electron chi connectivity index (χ1n) is 7.24. The van der Waals surface area contributed by atoms with Crippen LogP contribution in [0.1, 0.15) is 0 Å². The van der Waals surface area contributed by atoms with Crippen LogP contribution in [0.25, 0.3) is 0 Å². The van der Waals surface area contributed by atoms with Crippen molar-refractivity contribution in [1.82, 2.24) is 10.0 Å². The largest absolute Gasteiger partial charge is 0.467 e. The van der Waals surface area contributed by atoms with Gasteiger partial charge in [-0.25, -0.2) is 19.4 Å². The van der Waals surface area contributed by atoms with Crippen LogP contribution in [0, 0.1) is 0 Å². The fourth-order valence-electron chi connectivity index (χ4n) is 2.12. The van der Waals surface area contributed by atoms with E-state index < -0.39 is 47.0 Å². The Bertz CT molecular complexity index is 676. The van der Waals surface area contributed by atoms with Crippen LogP contribution in [0.2, 0.25) is 0 Å². The van der Waals surface area contributed by atoms with Crippen molar-refractivity contribution < 1.29 is 41.2 Å². The highest BCUT2D eigenvalue weighted by molar-refractivity contribution is 7.86. The van der Waals surface area contributed by atoms with Gasteiger partial charge in [-0.15, -0.1) is 0 Å². The molecular formula is C14H20N2O9S. The maximum absolute atomic E-state index is 12.3. The van der Waals surface area contributed by atoms with Gasteiger partial charge < -0.3 is 14.2 Å². The fourth-order valence-corrected chi connectivity index (χ4v) is 2.74. The second-order valence-electron chi connectivity index (χ2n) is 4.96. The monoisotopic (exact) mass is 392 g/mol. The highest BCUT2D eigenvalue weighted by atomic mass is 32.2.